The number of carbonyl (C=O) groups excluding carboxylic acids is 1. The van der Waals surface area contributed by atoms with Crippen LogP contribution >= 0.6 is 0 Å². The van der Waals surface area contributed by atoms with Gasteiger partial charge in [-0.15, -0.1) is 10.2 Å². The molecule has 7 nitrogen and oxygen atoms in total. The molecule has 1 aliphatic rings. The van der Waals surface area contributed by atoms with Gasteiger partial charge >= 0.3 is 6.03 Å². The van der Waals surface area contributed by atoms with Crippen molar-refractivity contribution in [2.24, 2.45) is 0 Å². The third kappa shape index (κ3) is 4.52. The smallest absolute Gasteiger partial charge is 0.322 e. The highest BCUT2D eigenvalue weighted by Gasteiger charge is 2.24. The fourth-order valence-corrected chi connectivity index (χ4v) is 3.16. The standard InChI is InChI=1S/C19H23F3N6O/c1-3-26(4-2)15-7-8-16(25-24-15)27-9-11-28(12-10-27)19(29)23-14-6-5-13(20)17(21)18(14)22/h5-8H,3-4,9-12H2,1-2H3,(H,23,29). The molecule has 1 aliphatic heterocycles. The Morgan fingerprint density at radius 3 is 2.28 bits per heavy atom. The second-order valence-electron chi connectivity index (χ2n) is 6.55. The molecule has 0 bridgehead atoms. The number of piperazine rings is 1. The summed E-state index contributed by atoms with van der Waals surface area (Å²) in [5.74, 6) is -2.81. The lowest BCUT2D eigenvalue weighted by molar-refractivity contribution is 0.208. The van der Waals surface area contributed by atoms with Crippen molar-refractivity contribution in [3.63, 3.8) is 0 Å². The Bertz CT molecular complexity index is 852. The maximum absolute atomic E-state index is 13.7. The number of carbonyl (C=O) groups is 1. The molecule has 0 saturated carbocycles. The molecule has 2 aromatic rings. The number of urea groups is 1. The van der Waals surface area contributed by atoms with E-state index in [1.54, 1.807) is 0 Å². The van der Waals surface area contributed by atoms with Crippen LogP contribution in [0.2, 0.25) is 0 Å². The average Bonchev–Trinajstić information content (AvgIpc) is 2.75. The van der Waals surface area contributed by atoms with Gasteiger partial charge in [-0.25, -0.2) is 18.0 Å². The van der Waals surface area contributed by atoms with E-state index in [1.807, 2.05) is 17.0 Å². The second-order valence-corrected chi connectivity index (χ2v) is 6.55. The number of amides is 2. The third-order valence-electron chi connectivity index (χ3n) is 4.89. The molecule has 156 valence electrons. The SMILES string of the molecule is CCN(CC)c1ccc(N2CCN(C(=O)Nc3ccc(F)c(F)c3F)CC2)nn1. The van der Waals surface area contributed by atoms with E-state index in [0.717, 1.165) is 31.0 Å². The quantitative estimate of drug-likeness (QED) is 0.771. The van der Waals surface area contributed by atoms with Gasteiger partial charge in [-0.05, 0) is 38.1 Å². The minimum atomic E-state index is -1.61. The molecule has 2 heterocycles. The van der Waals surface area contributed by atoms with Crippen LogP contribution in [-0.2, 0) is 0 Å². The average molecular weight is 408 g/mol. The summed E-state index contributed by atoms with van der Waals surface area (Å²) in [6.07, 6.45) is 0. The van der Waals surface area contributed by atoms with Gasteiger partial charge in [-0.2, -0.15) is 0 Å². The Labute approximate surface area is 167 Å². The van der Waals surface area contributed by atoms with Gasteiger partial charge in [0.2, 0.25) is 0 Å². The van der Waals surface area contributed by atoms with Gasteiger partial charge in [0.15, 0.2) is 29.1 Å². The maximum Gasteiger partial charge on any atom is 0.322 e. The predicted octanol–water partition coefficient (Wildman–Crippen LogP) is 3.09. The molecule has 0 spiro atoms. The Morgan fingerprint density at radius 1 is 1.00 bits per heavy atom. The second kappa shape index (κ2) is 8.97. The maximum atomic E-state index is 13.7. The van der Waals surface area contributed by atoms with Crippen LogP contribution in [0.4, 0.5) is 35.3 Å². The number of hydrogen-bond acceptors (Lipinski definition) is 5. The van der Waals surface area contributed by atoms with Gasteiger partial charge in [-0.3, -0.25) is 0 Å². The summed E-state index contributed by atoms with van der Waals surface area (Å²) in [4.78, 5) is 17.9. The van der Waals surface area contributed by atoms with Gasteiger partial charge < -0.3 is 20.0 Å². The summed E-state index contributed by atoms with van der Waals surface area (Å²) in [5, 5.41) is 10.8. The topological polar surface area (TPSA) is 64.6 Å². The lowest BCUT2D eigenvalue weighted by Gasteiger charge is -2.35. The summed E-state index contributed by atoms with van der Waals surface area (Å²) in [5.41, 5.74) is -0.394. The van der Waals surface area contributed by atoms with Crippen LogP contribution in [0.3, 0.4) is 0 Å². The highest BCUT2D eigenvalue weighted by molar-refractivity contribution is 5.89. The molecule has 0 radical (unpaired) electrons. The van der Waals surface area contributed by atoms with Crippen molar-refractivity contribution in [2.45, 2.75) is 13.8 Å². The van der Waals surface area contributed by atoms with Crippen LogP contribution in [0.15, 0.2) is 24.3 Å². The van der Waals surface area contributed by atoms with Crippen molar-refractivity contribution < 1.29 is 18.0 Å². The largest absolute Gasteiger partial charge is 0.356 e. The number of nitrogens with one attached hydrogen (secondary N) is 1. The number of rotatable bonds is 5. The summed E-state index contributed by atoms with van der Waals surface area (Å²) >= 11 is 0. The monoisotopic (exact) mass is 408 g/mol. The van der Waals surface area contributed by atoms with E-state index in [9.17, 15) is 18.0 Å². The van der Waals surface area contributed by atoms with Crippen LogP contribution < -0.4 is 15.1 Å². The Hall–Kier alpha value is -3.04. The number of anilines is 3. The van der Waals surface area contributed by atoms with Crippen molar-refractivity contribution >= 4 is 23.4 Å². The van der Waals surface area contributed by atoms with Crippen molar-refractivity contribution in [3.05, 3.63) is 41.7 Å². The number of halogens is 3. The predicted molar refractivity (Wildman–Crippen MR) is 105 cm³/mol. The normalized spacial score (nSPS) is 14.1. The summed E-state index contributed by atoms with van der Waals surface area (Å²) in [7, 11) is 0. The lowest BCUT2D eigenvalue weighted by atomic mass is 10.2. The van der Waals surface area contributed by atoms with Gasteiger partial charge in [0.05, 0.1) is 5.69 Å². The molecular weight excluding hydrogens is 385 g/mol. The van der Waals surface area contributed by atoms with Crippen molar-refractivity contribution in [1.82, 2.24) is 15.1 Å². The van der Waals surface area contributed by atoms with E-state index in [-0.39, 0.29) is 0 Å². The first-order valence-corrected chi connectivity index (χ1v) is 9.47. The first kappa shape index (κ1) is 20.7. The molecular formula is C19H23F3N6O. The number of nitrogens with zero attached hydrogens (tertiary/aromatic N) is 5. The van der Waals surface area contributed by atoms with E-state index < -0.39 is 29.2 Å². The first-order chi connectivity index (χ1) is 13.9. The molecule has 1 saturated heterocycles. The molecule has 1 aromatic carbocycles. The van der Waals surface area contributed by atoms with Gasteiger partial charge in [-0.1, -0.05) is 0 Å². The number of aromatic nitrogens is 2. The van der Waals surface area contributed by atoms with Crippen molar-refractivity contribution in [1.29, 1.82) is 0 Å². The molecule has 0 aliphatic carbocycles. The van der Waals surface area contributed by atoms with Gasteiger partial charge in [0.1, 0.15) is 0 Å². The fourth-order valence-electron chi connectivity index (χ4n) is 3.16. The zero-order chi connectivity index (χ0) is 21.0. The Morgan fingerprint density at radius 2 is 1.69 bits per heavy atom. The molecule has 0 atom stereocenters. The van der Waals surface area contributed by atoms with Crippen LogP contribution in [0.25, 0.3) is 0 Å². The molecule has 1 aromatic heterocycles. The van der Waals surface area contributed by atoms with Gasteiger partial charge in [0.25, 0.3) is 0 Å². The summed E-state index contributed by atoms with van der Waals surface area (Å²) < 4.78 is 40.1. The molecule has 1 N–H and O–H groups in total. The van der Waals surface area contributed by atoms with E-state index >= 15 is 0 Å². The van der Waals surface area contributed by atoms with Crippen molar-refractivity contribution in [2.75, 3.05) is 54.4 Å². The zero-order valence-electron chi connectivity index (χ0n) is 16.3. The Balaban J connectivity index is 1.57. The minimum absolute atomic E-state index is 0.372. The zero-order valence-corrected chi connectivity index (χ0v) is 16.3. The molecule has 29 heavy (non-hydrogen) atoms. The summed E-state index contributed by atoms with van der Waals surface area (Å²) in [6, 6.07) is 5.01. The molecule has 10 heteroatoms. The van der Waals surface area contributed by atoms with E-state index in [0.29, 0.717) is 32.0 Å². The molecule has 0 unspecified atom stereocenters. The van der Waals surface area contributed by atoms with Crippen LogP contribution in [0.1, 0.15) is 13.8 Å². The molecule has 3 rings (SSSR count). The van der Waals surface area contributed by atoms with Crippen LogP contribution in [0, 0.1) is 17.5 Å². The van der Waals surface area contributed by atoms with E-state index in [4.69, 9.17) is 0 Å². The van der Waals surface area contributed by atoms with Crippen LogP contribution in [0.5, 0.6) is 0 Å². The fraction of sp³-hybridized carbons (Fsp3) is 0.421. The van der Waals surface area contributed by atoms with E-state index in [2.05, 4.69) is 34.3 Å². The number of benzene rings is 1. The Kier molecular flexibility index (Phi) is 6.40. The number of hydrogen-bond donors (Lipinski definition) is 1. The summed E-state index contributed by atoms with van der Waals surface area (Å²) in [6.45, 7) is 7.58. The highest BCUT2D eigenvalue weighted by atomic mass is 19.2. The first-order valence-electron chi connectivity index (χ1n) is 9.47. The lowest BCUT2D eigenvalue weighted by Crippen LogP contribution is -2.50. The molecule has 2 amide bonds. The van der Waals surface area contributed by atoms with Gasteiger partial charge in [0, 0.05) is 39.3 Å². The molecule has 1 fully saturated rings. The van der Waals surface area contributed by atoms with Crippen LogP contribution in [-0.4, -0.2) is 60.4 Å². The van der Waals surface area contributed by atoms with E-state index in [1.165, 1.54) is 4.90 Å². The minimum Gasteiger partial charge on any atom is -0.356 e. The third-order valence-corrected chi connectivity index (χ3v) is 4.89. The highest BCUT2D eigenvalue weighted by Crippen LogP contribution is 2.21. The van der Waals surface area contributed by atoms with Crippen molar-refractivity contribution in [3.8, 4) is 0 Å².